The standard InChI is InChI=1S/C22H23ClN4O2S/c1-4-14-27-21(16(2)29-19-13-9-8-12-18(19)23)24-25-22(27)30-15-20(28)26(3)17-10-6-5-7-11-17/h4-13,16H,1,14-15H2,2-3H3. The molecule has 1 heterocycles. The summed E-state index contributed by atoms with van der Waals surface area (Å²) >= 11 is 7.53. The molecule has 6 nitrogen and oxygen atoms in total. The van der Waals surface area contributed by atoms with E-state index in [1.165, 1.54) is 11.8 Å². The number of hydrogen-bond donors (Lipinski definition) is 0. The topological polar surface area (TPSA) is 60.2 Å². The summed E-state index contributed by atoms with van der Waals surface area (Å²) in [5.74, 6) is 1.43. The Hall–Kier alpha value is -2.77. The maximum atomic E-state index is 12.6. The van der Waals surface area contributed by atoms with E-state index in [4.69, 9.17) is 16.3 Å². The minimum absolute atomic E-state index is 0.0266. The number of rotatable bonds is 9. The molecule has 1 unspecified atom stereocenters. The smallest absolute Gasteiger partial charge is 0.237 e. The van der Waals surface area contributed by atoms with Gasteiger partial charge in [-0.3, -0.25) is 9.36 Å². The highest BCUT2D eigenvalue weighted by Crippen LogP contribution is 2.29. The van der Waals surface area contributed by atoms with Crippen LogP contribution in [0, 0.1) is 0 Å². The van der Waals surface area contributed by atoms with Gasteiger partial charge in [-0.1, -0.05) is 59.8 Å². The van der Waals surface area contributed by atoms with E-state index < -0.39 is 0 Å². The highest BCUT2D eigenvalue weighted by Gasteiger charge is 2.21. The molecule has 0 bridgehead atoms. The van der Waals surface area contributed by atoms with E-state index in [1.807, 2.05) is 54.0 Å². The number of nitrogens with zero attached hydrogens (tertiary/aromatic N) is 4. The number of amides is 1. The molecular weight excluding hydrogens is 420 g/mol. The number of thioether (sulfide) groups is 1. The van der Waals surface area contributed by atoms with Crippen molar-refractivity contribution in [3.05, 3.63) is 78.1 Å². The summed E-state index contributed by atoms with van der Waals surface area (Å²) in [4.78, 5) is 14.2. The van der Waals surface area contributed by atoms with Gasteiger partial charge in [0.05, 0.1) is 10.8 Å². The van der Waals surface area contributed by atoms with Crippen molar-refractivity contribution in [2.24, 2.45) is 0 Å². The summed E-state index contributed by atoms with van der Waals surface area (Å²) in [5, 5.41) is 9.73. The molecule has 0 saturated heterocycles. The Morgan fingerprint density at radius 2 is 1.93 bits per heavy atom. The van der Waals surface area contributed by atoms with E-state index in [-0.39, 0.29) is 17.8 Å². The molecule has 0 aliphatic rings. The van der Waals surface area contributed by atoms with Gasteiger partial charge in [0.15, 0.2) is 17.1 Å². The number of para-hydroxylation sites is 2. The fourth-order valence-electron chi connectivity index (χ4n) is 2.81. The third-order valence-corrected chi connectivity index (χ3v) is 5.67. The minimum Gasteiger partial charge on any atom is -0.481 e. The van der Waals surface area contributed by atoms with Gasteiger partial charge >= 0.3 is 0 Å². The van der Waals surface area contributed by atoms with Crippen molar-refractivity contribution in [3.63, 3.8) is 0 Å². The Balaban J connectivity index is 1.71. The number of carbonyl (C=O) groups excluding carboxylic acids is 1. The highest BCUT2D eigenvalue weighted by atomic mass is 35.5. The molecule has 1 aromatic heterocycles. The lowest BCUT2D eigenvalue weighted by molar-refractivity contribution is -0.115. The zero-order valence-corrected chi connectivity index (χ0v) is 18.4. The monoisotopic (exact) mass is 442 g/mol. The van der Waals surface area contributed by atoms with Crippen LogP contribution in [-0.2, 0) is 11.3 Å². The third kappa shape index (κ3) is 5.23. The second-order valence-electron chi connectivity index (χ2n) is 6.51. The maximum absolute atomic E-state index is 12.6. The number of allylic oxidation sites excluding steroid dienone is 1. The van der Waals surface area contributed by atoms with E-state index >= 15 is 0 Å². The number of anilines is 1. The molecule has 0 aliphatic carbocycles. The van der Waals surface area contributed by atoms with Crippen molar-refractivity contribution < 1.29 is 9.53 Å². The lowest BCUT2D eigenvalue weighted by Gasteiger charge is -2.18. The molecule has 0 N–H and O–H groups in total. The summed E-state index contributed by atoms with van der Waals surface area (Å²) in [5.41, 5.74) is 0.845. The molecule has 1 atom stereocenters. The first-order valence-electron chi connectivity index (χ1n) is 9.40. The number of hydrogen-bond acceptors (Lipinski definition) is 5. The number of aromatic nitrogens is 3. The van der Waals surface area contributed by atoms with E-state index in [0.717, 1.165) is 5.69 Å². The SMILES string of the molecule is C=CCn1c(SCC(=O)N(C)c2ccccc2)nnc1C(C)Oc1ccccc1Cl. The van der Waals surface area contributed by atoms with E-state index in [9.17, 15) is 4.79 Å². The summed E-state index contributed by atoms with van der Waals surface area (Å²) in [6, 6.07) is 16.8. The first kappa shape index (κ1) is 21.9. The Bertz CT molecular complexity index is 1010. The maximum Gasteiger partial charge on any atom is 0.237 e. The first-order chi connectivity index (χ1) is 14.5. The first-order valence-corrected chi connectivity index (χ1v) is 10.8. The van der Waals surface area contributed by atoms with Crippen LogP contribution in [0.25, 0.3) is 0 Å². The fourth-order valence-corrected chi connectivity index (χ4v) is 3.86. The van der Waals surface area contributed by atoms with Crippen LogP contribution in [0.2, 0.25) is 5.02 Å². The number of carbonyl (C=O) groups is 1. The molecular formula is C22H23ClN4O2S. The molecule has 30 heavy (non-hydrogen) atoms. The second kappa shape index (κ2) is 10.3. The second-order valence-corrected chi connectivity index (χ2v) is 7.86. The van der Waals surface area contributed by atoms with Crippen molar-refractivity contribution in [2.45, 2.75) is 24.7 Å². The van der Waals surface area contributed by atoms with Gasteiger partial charge in [-0.25, -0.2) is 0 Å². The van der Waals surface area contributed by atoms with Crippen LogP contribution >= 0.6 is 23.4 Å². The molecule has 3 rings (SSSR count). The number of halogens is 1. The average Bonchev–Trinajstić information content (AvgIpc) is 3.16. The lowest BCUT2D eigenvalue weighted by atomic mass is 10.3. The average molecular weight is 443 g/mol. The van der Waals surface area contributed by atoms with Crippen molar-refractivity contribution >= 4 is 35.0 Å². The van der Waals surface area contributed by atoms with Crippen molar-refractivity contribution in [1.29, 1.82) is 0 Å². The van der Waals surface area contributed by atoms with Crippen LogP contribution in [0.5, 0.6) is 5.75 Å². The minimum atomic E-state index is -0.380. The predicted octanol–water partition coefficient (Wildman–Crippen LogP) is 5.01. The summed E-state index contributed by atoms with van der Waals surface area (Å²) < 4.78 is 7.88. The molecule has 0 saturated carbocycles. The molecule has 0 fully saturated rings. The van der Waals surface area contributed by atoms with E-state index in [1.54, 1.807) is 30.2 Å². The highest BCUT2D eigenvalue weighted by molar-refractivity contribution is 7.99. The molecule has 0 spiro atoms. The molecule has 0 radical (unpaired) electrons. The molecule has 156 valence electrons. The molecule has 2 aromatic carbocycles. The fraction of sp³-hybridized carbons (Fsp3) is 0.227. The molecule has 1 amide bonds. The Morgan fingerprint density at radius 1 is 1.23 bits per heavy atom. The number of ether oxygens (including phenoxy) is 1. The normalized spacial score (nSPS) is 11.7. The van der Waals surface area contributed by atoms with E-state index in [2.05, 4.69) is 16.8 Å². The zero-order chi connectivity index (χ0) is 21.5. The van der Waals surface area contributed by atoms with Crippen LogP contribution in [0.4, 0.5) is 5.69 Å². The van der Waals surface area contributed by atoms with Crippen LogP contribution in [0.3, 0.4) is 0 Å². The summed E-state index contributed by atoms with van der Waals surface area (Å²) in [6.45, 7) is 6.20. The van der Waals surface area contributed by atoms with Gasteiger partial charge in [0.2, 0.25) is 5.91 Å². The van der Waals surface area contributed by atoms with Crippen LogP contribution in [0.15, 0.2) is 72.4 Å². The van der Waals surface area contributed by atoms with E-state index in [0.29, 0.717) is 28.3 Å². The Kier molecular flexibility index (Phi) is 7.54. The van der Waals surface area contributed by atoms with Gasteiger partial charge in [0, 0.05) is 19.3 Å². The molecule has 3 aromatic rings. The molecule has 0 aliphatic heterocycles. The summed E-state index contributed by atoms with van der Waals surface area (Å²) in [6.07, 6.45) is 1.38. The van der Waals surface area contributed by atoms with Gasteiger partial charge in [0.25, 0.3) is 0 Å². The number of benzene rings is 2. The van der Waals surface area contributed by atoms with Gasteiger partial charge < -0.3 is 9.64 Å². The van der Waals surface area contributed by atoms with Gasteiger partial charge in [-0.05, 0) is 31.2 Å². The van der Waals surface area contributed by atoms with Crippen molar-refractivity contribution in [3.8, 4) is 5.75 Å². The van der Waals surface area contributed by atoms with Crippen LogP contribution in [0.1, 0.15) is 18.9 Å². The van der Waals surface area contributed by atoms with Gasteiger partial charge in [0.1, 0.15) is 5.75 Å². The van der Waals surface area contributed by atoms with Crippen molar-refractivity contribution in [2.75, 3.05) is 17.7 Å². The zero-order valence-electron chi connectivity index (χ0n) is 16.9. The quantitative estimate of drug-likeness (QED) is 0.344. The predicted molar refractivity (Wildman–Crippen MR) is 121 cm³/mol. The third-order valence-electron chi connectivity index (χ3n) is 4.40. The van der Waals surface area contributed by atoms with Crippen LogP contribution in [-0.4, -0.2) is 33.5 Å². The molecule has 8 heteroatoms. The van der Waals surface area contributed by atoms with Gasteiger partial charge in [-0.15, -0.1) is 16.8 Å². The largest absolute Gasteiger partial charge is 0.481 e. The Morgan fingerprint density at radius 3 is 2.63 bits per heavy atom. The lowest BCUT2D eigenvalue weighted by Crippen LogP contribution is -2.28. The van der Waals surface area contributed by atoms with Gasteiger partial charge in [-0.2, -0.15) is 0 Å². The summed E-state index contributed by atoms with van der Waals surface area (Å²) in [7, 11) is 1.76. The Labute approximate surface area is 185 Å². The van der Waals surface area contributed by atoms with Crippen LogP contribution < -0.4 is 9.64 Å². The van der Waals surface area contributed by atoms with Crippen molar-refractivity contribution in [1.82, 2.24) is 14.8 Å².